The van der Waals surface area contributed by atoms with Crippen molar-refractivity contribution in [2.24, 2.45) is 5.92 Å². The summed E-state index contributed by atoms with van der Waals surface area (Å²) in [5.74, 6) is 0.705. The molecule has 2 rings (SSSR count). The molecular formula is C14H16N2. The van der Waals surface area contributed by atoms with Crippen LogP contribution in [0.1, 0.15) is 24.8 Å². The second-order valence-corrected chi connectivity index (χ2v) is 4.19. The number of anilines is 1. The monoisotopic (exact) mass is 212 g/mol. The molecule has 0 aliphatic heterocycles. The van der Waals surface area contributed by atoms with Gasteiger partial charge in [-0.15, -0.1) is 0 Å². The maximum absolute atomic E-state index is 8.95. The van der Waals surface area contributed by atoms with Gasteiger partial charge in [-0.25, -0.2) is 0 Å². The van der Waals surface area contributed by atoms with Gasteiger partial charge in [0, 0.05) is 6.54 Å². The molecule has 1 aromatic rings. The summed E-state index contributed by atoms with van der Waals surface area (Å²) in [5, 5.41) is 12.3. The van der Waals surface area contributed by atoms with Crippen LogP contribution in [0.5, 0.6) is 0 Å². The smallest absolute Gasteiger partial charge is 0.101 e. The maximum Gasteiger partial charge on any atom is 0.101 e. The predicted molar refractivity (Wildman–Crippen MR) is 66.1 cm³/mol. The number of hydrogen-bond acceptors (Lipinski definition) is 2. The van der Waals surface area contributed by atoms with Gasteiger partial charge in [0.15, 0.2) is 0 Å². The largest absolute Gasteiger partial charge is 0.384 e. The molecule has 0 aromatic heterocycles. The Hall–Kier alpha value is -1.75. The number of allylic oxidation sites excluding steroid dienone is 2. The van der Waals surface area contributed by atoms with Crippen molar-refractivity contribution in [1.82, 2.24) is 0 Å². The van der Waals surface area contributed by atoms with Gasteiger partial charge in [-0.1, -0.05) is 24.3 Å². The Kier molecular flexibility index (Phi) is 3.61. The van der Waals surface area contributed by atoms with Crippen molar-refractivity contribution in [3.63, 3.8) is 0 Å². The molecule has 1 aromatic carbocycles. The number of hydrogen-bond donors (Lipinski definition) is 1. The first-order valence-corrected chi connectivity index (χ1v) is 5.78. The predicted octanol–water partition coefficient (Wildman–Crippen LogP) is 3.33. The summed E-state index contributed by atoms with van der Waals surface area (Å²) in [6.07, 6.45) is 8.10. The Morgan fingerprint density at radius 1 is 1.31 bits per heavy atom. The molecule has 0 radical (unpaired) electrons. The SMILES string of the molecule is N#Cc1ccccc1NCC1CC=CCC1. The highest BCUT2D eigenvalue weighted by Crippen LogP contribution is 2.20. The Morgan fingerprint density at radius 2 is 2.19 bits per heavy atom. The number of nitriles is 1. The zero-order chi connectivity index (χ0) is 11.2. The van der Waals surface area contributed by atoms with E-state index in [0.29, 0.717) is 5.92 Å². The van der Waals surface area contributed by atoms with Crippen LogP contribution in [0.15, 0.2) is 36.4 Å². The van der Waals surface area contributed by atoms with Gasteiger partial charge in [-0.05, 0) is 37.3 Å². The minimum Gasteiger partial charge on any atom is -0.384 e. The molecular weight excluding hydrogens is 196 g/mol. The molecule has 0 amide bonds. The first-order valence-electron chi connectivity index (χ1n) is 5.78. The molecule has 0 saturated heterocycles. The second-order valence-electron chi connectivity index (χ2n) is 4.19. The van der Waals surface area contributed by atoms with E-state index in [2.05, 4.69) is 23.5 Å². The molecule has 0 saturated carbocycles. The first kappa shape index (κ1) is 10.8. The lowest BCUT2D eigenvalue weighted by atomic mass is 9.94. The van der Waals surface area contributed by atoms with Crippen molar-refractivity contribution in [2.75, 3.05) is 11.9 Å². The van der Waals surface area contributed by atoms with Gasteiger partial charge in [0.05, 0.1) is 11.3 Å². The van der Waals surface area contributed by atoms with Gasteiger partial charge in [-0.3, -0.25) is 0 Å². The van der Waals surface area contributed by atoms with E-state index in [0.717, 1.165) is 24.2 Å². The fourth-order valence-corrected chi connectivity index (χ4v) is 2.03. The van der Waals surface area contributed by atoms with E-state index in [1.165, 1.54) is 12.8 Å². The molecule has 0 heterocycles. The lowest BCUT2D eigenvalue weighted by Gasteiger charge is -2.19. The molecule has 2 heteroatoms. The number of nitrogens with zero attached hydrogens (tertiary/aromatic N) is 1. The van der Waals surface area contributed by atoms with Crippen LogP contribution >= 0.6 is 0 Å². The van der Waals surface area contributed by atoms with Crippen LogP contribution < -0.4 is 5.32 Å². The van der Waals surface area contributed by atoms with Crippen LogP contribution in [0, 0.1) is 17.2 Å². The average molecular weight is 212 g/mol. The number of nitrogens with one attached hydrogen (secondary N) is 1. The van der Waals surface area contributed by atoms with Crippen LogP contribution in [0.2, 0.25) is 0 Å². The normalized spacial score (nSPS) is 19.1. The first-order chi connectivity index (χ1) is 7.90. The third-order valence-corrected chi connectivity index (χ3v) is 3.01. The highest BCUT2D eigenvalue weighted by molar-refractivity contribution is 5.57. The fourth-order valence-electron chi connectivity index (χ4n) is 2.03. The average Bonchev–Trinajstić information content (AvgIpc) is 2.38. The molecule has 82 valence electrons. The molecule has 1 aliphatic carbocycles. The topological polar surface area (TPSA) is 35.8 Å². The van der Waals surface area contributed by atoms with Gasteiger partial charge in [0.2, 0.25) is 0 Å². The molecule has 16 heavy (non-hydrogen) atoms. The molecule has 1 aliphatic rings. The van der Waals surface area contributed by atoms with Crippen molar-refractivity contribution in [3.8, 4) is 6.07 Å². The standard InChI is InChI=1S/C14H16N2/c15-10-13-8-4-5-9-14(13)16-11-12-6-2-1-3-7-12/h1-2,4-5,8-9,12,16H,3,6-7,11H2. The van der Waals surface area contributed by atoms with E-state index in [1.54, 1.807) is 0 Å². The van der Waals surface area contributed by atoms with Crippen LogP contribution in [0.3, 0.4) is 0 Å². The summed E-state index contributed by atoms with van der Waals surface area (Å²) >= 11 is 0. The van der Waals surface area contributed by atoms with E-state index < -0.39 is 0 Å². The molecule has 1 N–H and O–H groups in total. The van der Waals surface area contributed by atoms with Crippen LogP contribution in [0.4, 0.5) is 5.69 Å². The highest BCUT2D eigenvalue weighted by Gasteiger charge is 2.10. The van der Waals surface area contributed by atoms with Crippen molar-refractivity contribution < 1.29 is 0 Å². The van der Waals surface area contributed by atoms with Crippen molar-refractivity contribution in [2.45, 2.75) is 19.3 Å². The van der Waals surface area contributed by atoms with Crippen LogP contribution in [-0.2, 0) is 0 Å². The summed E-state index contributed by atoms with van der Waals surface area (Å²) in [6, 6.07) is 9.88. The van der Waals surface area contributed by atoms with Gasteiger partial charge >= 0.3 is 0 Å². The van der Waals surface area contributed by atoms with E-state index in [1.807, 2.05) is 24.3 Å². The second kappa shape index (κ2) is 5.37. The highest BCUT2D eigenvalue weighted by atomic mass is 14.9. The van der Waals surface area contributed by atoms with Crippen LogP contribution in [0.25, 0.3) is 0 Å². The summed E-state index contributed by atoms with van der Waals surface area (Å²) in [7, 11) is 0. The van der Waals surface area contributed by atoms with E-state index in [9.17, 15) is 0 Å². The van der Waals surface area contributed by atoms with Gasteiger partial charge in [0.1, 0.15) is 6.07 Å². The van der Waals surface area contributed by atoms with Crippen molar-refractivity contribution >= 4 is 5.69 Å². The number of para-hydroxylation sites is 1. The lowest BCUT2D eigenvalue weighted by molar-refractivity contribution is 0.504. The third kappa shape index (κ3) is 2.64. The van der Waals surface area contributed by atoms with Gasteiger partial charge < -0.3 is 5.32 Å². The van der Waals surface area contributed by atoms with Gasteiger partial charge in [-0.2, -0.15) is 5.26 Å². The minimum atomic E-state index is 0.705. The Morgan fingerprint density at radius 3 is 2.94 bits per heavy atom. The Labute approximate surface area is 96.6 Å². The quantitative estimate of drug-likeness (QED) is 0.780. The summed E-state index contributed by atoms with van der Waals surface area (Å²) < 4.78 is 0. The zero-order valence-electron chi connectivity index (χ0n) is 9.32. The summed E-state index contributed by atoms with van der Waals surface area (Å²) in [6.45, 7) is 0.961. The minimum absolute atomic E-state index is 0.705. The van der Waals surface area contributed by atoms with E-state index in [-0.39, 0.29) is 0 Å². The fraction of sp³-hybridized carbons (Fsp3) is 0.357. The summed E-state index contributed by atoms with van der Waals surface area (Å²) in [5.41, 5.74) is 1.69. The van der Waals surface area contributed by atoms with Crippen molar-refractivity contribution in [3.05, 3.63) is 42.0 Å². The van der Waals surface area contributed by atoms with E-state index in [4.69, 9.17) is 5.26 Å². The Bertz CT molecular complexity index is 415. The van der Waals surface area contributed by atoms with Crippen LogP contribution in [-0.4, -0.2) is 6.54 Å². The van der Waals surface area contributed by atoms with Gasteiger partial charge in [0.25, 0.3) is 0 Å². The Balaban J connectivity index is 1.94. The molecule has 1 atom stereocenters. The lowest BCUT2D eigenvalue weighted by Crippen LogP contribution is -2.15. The number of benzene rings is 1. The zero-order valence-corrected chi connectivity index (χ0v) is 9.32. The summed E-state index contributed by atoms with van der Waals surface area (Å²) in [4.78, 5) is 0. The third-order valence-electron chi connectivity index (χ3n) is 3.01. The molecule has 0 fully saturated rings. The van der Waals surface area contributed by atoms with Crippen molar-refractivity contribution in [1.29, 1.82) is 5.26 Å². The molecule has 2 nitrogen and oxygen atoms in total. The van der Waals surface area contributed by atoms with E-state index >= 15 is 0 Å². The number of rotatable bonds is 3. The molecule has 0 spiro atoms. The molecule has 0 bridgehead atoms. The maximum atomic E-state index is 8.95. The molecule has 1 unspecified atom stereocenters.